The number of rotatable bonds is 5. The Morgan fingerprint density at radius 1 is 1.15 bits per heavy atom. The number of fused-ring (bicyclic) bond motifs is 1. The van der Waals surface area contributed by atoms with E-state index >= 15 is 0 Å². The van der Waals surface area contributed by atoms with Crippen LogP contribution in [0, 0.1) is 5.92 Å². The number of carboxylic acid groups (broad SMARTS) is 1. The molecular formula is C23H26N2O8. The normalized spacial score (nSPS) is 24.1. The van der Waals surface area contributed by atoms with Crippen molar-refractivity contribution in [1.29, 1.82) is 0 Å². The summed E-state index contributed by atoms with van der Waals surface area (Å²) in [6, 6.07) is 3.33. The number of aliphatic hydroxyl groups excluding tert-OH is 2. The highest BCUT2D eigenvalue weighted by molar-refractivity contribution is 6.27. The third-order valence-electron chi connectivity index (χ3n) is 6.34. The van der Waals surface area contributed by atoms with Crippen molar-refractivity contribution in [2.24, 2.45) is 5.92 Å². The first kappa shape index (κ1) is 24.1. The average molecular weight is 458 g/mol. The molecule has 1 aromatic rings. The number of amides is 1. The number of nitrogens with zero attached hydrogens (tertiary/aromatic N) is 1. The summed E-state index contributed by atoms with van der Waals surface area (Å²) in [6.45, 7) is 1.59. The summed E-state index contributed by atoms with van der Waals surface area (Å²) in [5, 5.41) is 44.5. The van der Waals surface area contributed by atoms with Gasteiger partial charge in [0.2, 0.25) is 5.78 Å². The average Bonchev–Trinajstić information content (AvgIpc) is 2.74. The van der Waals surface area contributed by atoms with Crippen LogP contribution in [-0.2, 0) is 14.4 Å². The lowest BCUT2D eigenvalue weighted by molar-refractivity contribution is -0.132. The molecule has 0 heterocycles. The third kappa shape index (κ3) is 3.81. The molecule has 0 saturated carbocycles. The number of carbonyl (C=O) groups is 4. The van der Waals surface area contributed by atoms with Gasteiger partial charge in [-0.3, -0.25) is 19.3 Å². The zero-order valence-corrected chi connectivity index (χ0v) is 18.6. The molecule has 10 nitrogen and oxygen atoms in total. The first-order valence-electron chi connectivity index (χ1n) is 10.3. The molecule has 0 bridgehead atoms. The number of carbonyl (C=O) groups excluding carboxylic acids is 3. The van der Waals surface area contributed by atoms with E-state index < -0.39 is 64.3 Å². The molecule has 2 aliphatic carbocycles. The number of likely N-dealkylation sites (N-methyl/N-ethyl adjacent to an activating group) is 2. The molecule has 10 heteroatoms. The van der Waals surface area contributed by atoms with Crippen LogP contribution in [0.15, 0.2) is 40.7 Å². The lowest BCUT2D eigenvalue weighted by atomic mass is 9.69. The van der Waals surface area contributed by atoms with Crippen LogP contribution < -0.4 is 5.32 Å². The SMILES string of the molecule is CNC(=O)C1=C(O)[C@@H](N(C)C)[C@H]([C@@H](O)C2=C(C(=O)O)C(=O)c3c(O)cccc3[C@@H]2C)CC1=O. The molecule has 0 fully saturated rings. The zero-order chi connectivity index (χ0) is 24.8. The van der Waals surface area contributed by atoms with Gasteiger partial charge in [-0.05, 0) is 31.3 Å². The minimum absolute atomic E-state index is 0.119. The number of ketones is 2. The smallest absolute Gasteiger partial charge is 0.339 e. The Morgan fingerprint density at radius 2 is 1.79 bits per heavy atom. The molecule has 0 saturated heterocycles. The number of hydrogen-bond donors (Lipinski definition) is 5. The topological polar surface area (TPSA) is 164 Å². The van der Waals surface area contributed by atoms with Gasteiger partial charge in [0, 0.05) is 25.3 Å². The molecule has 3 rings (SSSR count). The summed E-state index contributed by atoms with van der Waals surface area (Å²) in [5.74, 6) is -6.74. The van der Waals surface area contributed by atoms with Gasteiger partial charge in [0.1, 0.15) is 22.7 Å². The molecule has 176 valence electrons. The number of phenols is 1. The minimum atomic E-state index is -1.62. The predicted molar refractivity (Wildman–Crippen MR) is 116 cm³/mol. The molecule has 33 heavy (non-hydrogen) atoms. The highest BCUT2D eigenvalue weighted by atomic mass is 16.4. The lowest BCUT2D eigenvalue weighted by Gasteiger charge is -2.40. The molecule has 0 aliphatic heterocycles. The van der Waals surface area contributed by atoms with Gasteiger partial charge in [0.05, 0.1) is 17.7 Å². The van der Waals surface area contributed by atoms with E-state index in [1.54, 1.807) is 27.1 Å². The molecular weight excluding hydrogens is 432 g/mol. The molecule has 0 spiro atoms. The second kappa shape index (κ2) is 8.80. The van der Waals surface area contributed by atoms with Crippen LogP contribution in [0.2, 0.25) is 0 Å². The number of aliphatic hydroxyl groups is 2. The van der Waals surface area contributed by atoms with Crippen molar-refractivity contribution in [2.75, 3.05) is 21.1 Å². The summed E-state index contributed by atoms with van der Waals surface area (Å²) < 4.78 is 0. The van der Waals surface area contributed by atoms with Gasteiger partial charge in [0.15, 0.2) is 5.78 Å². The van der Waals surface area contributed by atoms with Crippen LogP contribution in [0.25, 0.3) is 0 Å². The highest BCUT2D eigenvalue weighted by Crippen LogP contribution is 2.44. The van der Waals surface area contributed by atoms with Crippen molar-refractivity contribution in [1.82, 2.24) is 10.2 Å². The number of phenolic OH excluding ortho intramolecular Hbond substituents is 1. The van der Waals surface area contributed by atoms with E-state index in [-0.39, 0.29) is 23.3 Å². The number of carboxylic acids is 1. The Labute approximate surface area is 189 Å². The Balaban J connectivity index is 2.19. The zero-order valence-electron chi connectivity index (χ0n) is 18.6. The molecule has 2 aliphatic rings. The van der Waals surface area contributed by atoms with Crippen LogP contribution in [0.1, 0.15) is 35.2 Å². The Kier molecular flexibility index (Phi) is 6.44. The summed E-state index contributed by atoms with van der Waals surface area (Å²) in [7, 11) is 4.47. The van der Waals surface area contributed by atoms with E-state index in [0.717, 1.165) is 0 Å². The second-order valence-corrected chi connectivity index (χ2v) is 8.41. The van der Waals surface area contributed by atoms with Gasteiger partial charge in [0.25, 0.3) is 5.91 Å². The van der Waals surface area contributed by atoms with Crippen molar-refractivity contribution in [3.8, 4) is 5.75 Å². The van der Waals surface area contributed by atoms with Crippen molar-refractivity contribution in [3.63, 3.8) is 0 Å². The van der Waals surface area contributed by atoms with Crippen molar-refractivity contribution in [2.45, 2.75) is 31.4 Å². The fourth-order valence-corrected chi connectivity index (χ4v) is 4.86. The Hall–Kier alpha value is -3.50. The van der Waals surface area contributed by atoms with Crippen molar-refractivity contribution >= 4 is 23.4 Å². The molecule has 5 N–H and O–H groups in total. The number of hydrogen-bond acceptors (Lipinski definition) is 8. The summed E-state index contributed by atoms with van der Waals surface area (Å²) in [4.78, 5) is 51.5. The first-order valence-corrected chi connectivity index (χ1v) is 10.3. The first-order chi connectivity index (χ1) is 15.4. The monoisotopic (exact) mass is 458 g/mol. The minimum Gasteiger partial charge on any atom is -0.510 e. The fraction of sp³-hybridized carbons (Fsp3) is 0.391. The van der Waals surface area contributed by atoms with Gasteiger partial charge >= 0.3 is 5.97 Å². The fourth-order valence-electron chi connectivity index (χ4n) is 4.86. The largest absolute Gasteiger partial charge is 0.510 e. The molecule has 1 aromatic carbocycles. The van der Waals surface area contributed by atoms with Gasteiger partial charge in [-0.25, -0.2) is 4.79 Å². The van der Waals surface area contributed by atoms with Crippen molar-refractivity contribution in [3.05, 3.63) is 51.8 Å². The summed E-state index contributed by atoms with van der Waals surface area (Å²) in [5.41, 5.74) is -1.03. The molecule has 0 unspecified atom stereocenters. The van der Waals surface area contributed by atoms with Crippen LogP contribution >= 0.6 is 0 Å². The standard InChI is InChI=1S/C23H26N2O8/c1-9-10-6-5-7-12(26)15(10)20(29)17(23(32)33)14(9)19(28)11-8-13(27)16(22(31)24-2)21(30)18(11)25(3)4/h5-7,9,11,18-19,26,28,30H,8H2,1-4H3,(H,24,31)(H,32,33)/t9-,11+,18-,19+/m0/s1. The van der Waals surface area contributed by atoms with E-state index in [4.69, 9.17) is 0 Å². The van der Waals surface area contributed by atoms with Gasteiger partial charge in [-0.15, -0.1) is 0 Å². The highest BCUT2D eigenvalue weighted by Gasteiger charge is 2.47. The van der Waals surface area contributed by atoms with E-state index in [1.807, 2.05) is 0 Å². The van der Waals surface area contributed by atoms with Gasteiger partial charge < -0.3 is 25.7 Å². The van der Waals surface area contributed by atoms with Crippen LogP contribution in [0.5, 0.6) is 5.75 Å². The second-order valence-electron chi connectivity index (χ2n) is 8.41. The lowest BCUT2D eigenvalue weighted by Crippen LogP contribution is -2.50. The molecule has 0 radical (unpaired) electrons. The molecule has 1 amide bonds. The Morgan fingerprint density at radius 3 is 2.33 bits per heavy atom. The number of aliphatic carboxylic acids is 1. The van der Waals surface area contributed by atoms with Crippen LogP contribution in [0.3, 0.4) is 0 Å². The molecule has 4 atom stereocenters. The maximum Gasteiger partial charge on any atom is 0.339 e. The van der Waals surface area contributed by atoms with E-state index in [0.29, 0.717) is 5.56 Å². The van der Waals surface area contributed by atoms with E-state index in [2.05, 4.69) is 5.32 Å². The number of benzene rings is 1. The van der Waals surface area contributed by atoms with Gasteiger partial charge in [-0.1, -0.05) is 19.1 Å². The van der Waals surface area contributed by atoms with Crippen molar-refractivity contribution < 1.29 is 39.6 Å². The third-order valence-corrected chi connectivity index (χ3v) is 6.34. The van der Waals surface area contributed by atoms with E-state index in [1.165, 1.54) is 24.1 Å². The summed E-state index contributed by atoms with van der Waals surface area (Å²) in [6.07, 6.45) is -1.98. The summed E-state index contributed by atoms with van der Waals surface area (Å²) >= 11 is 0. The van der Waals surface area contributed by atoms with Crippen LogP contribution in [0.4, 0.5) is 0 Å². The maximum atomic E-state index is 13.0. The number of Topliss-reactive ketones (excluding diaryl/α,β-unsaturated/α-hetero) is 2. The Bertz CT molecular complexity index is 1120. The molecule has 0 aromatic heterocycles. The number of nitrogens with one attached hydrogen (secondary N) is 1. The predicted octanol–water partition coefficient (Wildman–Crippen LogP) is 0.511. The quantitative estimate of drug-likeness (QED) is 0.395. The van der Waals surface area contributed by atoms with E-state index in [9.17, 15) is 39.6 Å². The maximum absolute atomic E-state index is 13.0. The van der Waals surface area contributed by atoms with Crippen LogP contribution in [-0.4, -0.2) is 82.1 Å². The number of aromatic hydroxyl groups is 1. The van der Waals surface area contributed by atoms with Gasteiger partial charge in [-0.2, -0.15) is 0 Å².